The van der Waals surface area contributed by atoms with Crippen molar-refractivity contribution < 1.29 is 39.6 Å². The van der Waals surface area contributed by atoms with Gasteiger partial charge < -0.3 is 39.6 Å². The van der Waals surface area contributed by atoms with Crippen LogP contribution in [0.5, 0.6) is 0 Å². The summed E-state index contributed by atoms with van der Waals surface area (Å²) in [6, 6.07) is 0. The van der Waals surface area contributed by atoms with E-state index in [4.69, 9.17) is 0 Å². The summed E-state index contributed by atoms with van der Waals surface area (Å²) < 4.78 is 0. The van der Waals surface area contributed by atoms with E-state index in [0.29, 0.717) is 0 Å². The summed E-state index contributed by atoms with van der Waals surface area (Å²) in [5.74, 6) is -3.63. The Labute approximate surface area is 424 Å². The summed E-state index contributed by atoms with van der Waals surface area (Å²) in [5, 5.41) is 40.6. The topological polar surface area (TPSA) is 161 Å². The second kappa shape index (κ2) is 69.4. The Bertz CT molecular complexity index is 771. The Morgan fingerprint density at radius 3 is 0.385 bits per heavy atom. The fourth-order valence-electron chi connectivity index (χ4n) is 7.73. The average molecular weight is 1120 g/mol. The summed E-state index contributed by atoms with van der Waals surface area (Å²) in [5.41, 5.74) is 0. The van der Waals surface area contributed by atoms with Crippen molar-refractivity contribution in [3.63, 3.8) is 0 Å². The first-order valence-corrected chi connectivity index (χ1v) is 27.9. The Balaban J connectivity index is -0.000000245. The largest absolute Gasteiger partial charge is 0.550 e. The van der Waals surface area contributed by atoms with Crippen molar-refractivity contribution in [1.29, 1.82) is 0 Å². The number of carbonyl (C=O) groups excluding carboxylic acids is 4. The Morgan fingerprint density at radius 2 is 0.292 bits per heavy atom. The number of aliphatic carboxylic acids is 4. The van der Waals surface area contributed by atoms with Crippen LogP contribution >= 0.6 is 0 Å². The van der Waals surface area contributed by atoms with Crippen LogP contribution in [0.25, 0.3) is 0 Å². The van der Waals surface area contributed by atoms with Crippen molar-refractivity contribution in [2.24, 2.45) is 0 Å². The molecule has 0 aliphatic rings. The summed E-state index contributed by atoms with van der Waals surface area (Å²) in [6.07, 6.45) is 56.1. The Hall–Kier alpha value is -1.20. The standard InChI is InChI=1S/4C14H28O2.Pb/c4*1-2-3-4-5-6-7-8-9-10-11-12-13-14(15)16;/h4*2-13H2,1H3,(H,15,16);/p-4. The monoisotopic (exact) mass is 1120 g/mol. The second-order valence-corrected chi connectivity index (χ2v) is 18.6. The number of hydrogen-bond acceptors (Lipinski definition) is 8. The minimum atomic E-state index is -0.907. The third-order valence-corrected chi connectivity index (χ3v) is 11.9. The Kier molecular flexibility index (Phi) is 77.7. The van der Waals surface area contributed by atoms with E-state index in [-0.39, 0.29) is 53.0 Å². The summed E-state index contributed by atoms with van der Waals surface area (Å²) in [7, 11) is 0. The van der Waals surface area contributed by atoms with E-state index in [2.05, 4.69) is 27.7 Å². The van der Waals surface area contributed by atoms with E-state index in [9.17, 15) is 39.6 Å². The number of carbonyl (C=O) groups is 4. The van der Waals surface area contributed by atoms with Gasteiger partial charge in [0.05, 0.1) is 0 Å². The quantitative estimate of drug-likeness (QED) is 0.0430. The molecule has 0 atom stereocenters. The van der Waals surface area contributed by atoms with Crippen molar-refractivity contribution >= 4 is 51.2 Å². The van der Waals surface area contributed by atoms with Gasteiger partial charge in [-0.3, -0.25) is 0 Å². The van der Waals surface area contributed by atoms with E-state index in [1.165, 1.54) is 231 Å². The second-order valence-electron chi connectivity index (χ2n) is 18.6. The molecule has 0 aromatic carbocycles. The molecule has 0 aliphatic carbocycles. The molecule has 0 aromatic heterocycles. The number of hydrogen-bond donors (Lipinski definition) is 0. The van der Waals surface area contributed by atoms with Crippen molar-refractivity contribution in [3.05, 3.63) is 0 Å². The van der Waals surface area contributed by atoms with Gasteiger partial charge in [0.2, 0.25) is 0 Å². The molecule has 0 rings (SSSR count). The van der Waals surface area contributed by atoms with Gasteiger partial charge in [-0.05, 0) is 51.4 Å². The van der Waals surface area contributed by atoms with E-state index in [1.807, 2.05) is 0 Å². The fraction of sp³-hybridized carbons (Fsp3) is 0.929. The van der Waals surface area contributed by atoms with E-state index in [0.717, 1.165) is 51.4 Å². The van der Waals surface area contributed by atoms with Crippen molar-refractivity contribution in [1.82, 2.24) is 0 Å². The maximum absolute atomic E-state index is 10.1. The third kappa shape index (κ3) is 90.0. The molecule has 8 nitrogen and oxygen atoms in total. The van der Waals surface area contributed by atoms with Crippen LogP contribution in [0.4, 0.5) is 0 Å². The van der Waals surface area contributed by atoms with Crippen LogP contribution in [-0.4, -0.2) is 51.2 Å². The van der Waals surface area contributed by atoms with Crippen molar-refractivity contribution in [3.8, 4) is 0 Å². The van der Waals surface area contributed by atoms with Crippen LogP contribution in [0.1, 0.15) is 336 Å². The number of carboxylic acid groups (broad SMARTS) is 4. The fourth-order valence-corrected chi connectivity index (χ4v) is 7.73. The molecule has 388 valence electrons. The molecule has 65 heavy (non-hydrogen) atoms. The zero-order valence-electron chi connectivity index (χ0n) is 43.7. The first kappa shape index (κ1) is 72.8. The van der Waals surface area contributed by atoms with Gasteiger partial charge in [-0.15, -0.1) is 0 Å². The predicted molar refractivity (Wildman–Crippen MR) is 270 cm³/mol. The zero-order valence-corrected chi connectivity index (χ0v) is 47.6. The van der Waals surface area contributed by atoms with Gasteiger partial charge in [0.1, 0.15) is 0 Å². The number of rotatable bonds is 48. The van der Waals surface area contributed by atoms with Crippen LogP contribution in [0, 0.1) is 0 Å². The van der Waals surface area contributed by atoms with Crippen LogP contribution < -0.4 is 20.4 Å². The first-order chi connectivity index (χ1) is 31.1. The molecule has 0 aromatic rings. The van der Waals surface area contributed by atoms with Gasteiger partial charge in [0, 0.05) is 51.2 Å². The van der Waals surface area contributed by atoms with Gasteiger partial charge in [-0.25, -0.2) is 0 Å². The maximum atomic E-state index is 10.1. The summed E-state index contributed by atoms with van der Waals surface area (Å²) >= 11 is 0. The molecule has 0 amide bonds. The van der Waals surface area contributed by atoms with Gasteiger partial charge >= 0.3 is 0 Å². The van der Waals surface area contributed by atoms with Gasteiger partial charge in [0.15, 0.2) is 0 Å². The summed E-state index contributed by atoms with van der Waals surface area (Å²) in [4.78, 5) is 40.6. The van der Waals surface area contributed by atoms with Gasteiger partial charge in [0.25, 0.3) is 0 Å². The third-order valence-electron chi connectivity index (χ3n) is 11.9. The molecule has 9 heteroatoms. The first-order valence-electron chi connectivity index (χ1n) is 27.9. The number of carboxylic acids is 4. The minimum absolute atomic E-state index is 0. The molecule has 0 heterocycles. The van der Waals surface area contributed by atoms with Gasteiger partial charge in [-0.1, -0.05) is 285 Å². The Morgan fingerprint density at radius 1 is 0.200 bits per heavy atom. The summed E-state index contributed by atoms with van der Waals surface area (Å²) in [6.45, 7) is 8.97. The van der Waals surface area contributed by atoms with Crippen LogP contribution in [-0.2, 0) is 19.2 Å². The van der Waals surface area contributed by atoms with Gasteiger partial charge in [-0.2, -0.15) is 0 Å². The van der Waals surface area contributed by atoms with Crippen LogP contribution in [0.3, 0.4) is 0 Å². The molecule has 0 saturated heterocycles. The molecule has 0 saturated carbocycles. The minimum Gasteiger partial charge on any atom is -0.550 e. The average Bonchev–Trinajstić information content (AvgIpc) is 3.26. The van der Waals surface area contributed by atoms with E-state index >= 15 is 0 Å². The normalized spacial score (nSPS) is 10.4. The molecule has 0 aliphatic heterocycles. The maximum Gasteiger partial charge on any atom is 0.0414 e. The molecular formula is C56H108O8Pb-4. The smallest absolute Gasteiger partial charge is 0.0414 e. The molecule has 0 spiro atoms. The molecule has 0 unspecified atom stereocenters. The van der Waals surface area contributed by atoms with E-state index in [1.54, 1.807) is 0 Å². The van der Waals surface area contributed by atoms with Crippen LogP contribution in [0.15, 0.2) is 0 Å². The molecule has 0 bridgehead atoms. The molecular weight excluding hydrogens is 1010 g/mol. The SMILES string of the molecule is CCCCCCCCCCCCCC(=O)[O-].CCCCCCCCCCCCCC(=O)[O-].CCCCCCCCCCCCCC(=O)[O-].CCCCCCCCCCCCCC(=O)[O-].[Pb]. The van der Waals surface area contributed by atoms with Crippen molar-refractivity contribution in [2.45, 2.75) is 336 Å². The van der Waals surface area contributed by atoms with E-state index < -0.39 is 23.9 Å². The molecule has 0 N–H and O–H groups in total. The predicted octanol–water partition coefficient (Wildman–Crippen LogP) is 13.4. The molecule has 0 fully saturated rings. The van der Waals surface area contributed by atoms with Crippen LogP contribution in [0.2, 0.25) is 0 Å². The number of unbranched alkanes of at least 4 members (excludes halogenated alkanes) is 40. The zero-order chi connectivity index (χ0) is 48.3. The molecule has 4 radical (unpaired) electrons. The van der Waals surface area contributed by atoms with Crippen molar-refractivity contribution in [2.75, 3.05) is 0 Å².